The van der Waals surface area contributed by atoms with Crippen molar-refractivity contribution in [1.82, 2.24) is 15.5 Å². The van der Waals surface area contributed by atoms with Gasteiger partial charge in [0, 0.05) is 30.9 Å². The van der Waals surface area contributed by atoms with Crippen LogP contribution in [-0.2, 0) is 20.8 Å². The summed E-state index contributed by atoms with van der Waals surface area (Å²) in [6, 6.07) is 11.9. The summed E-state index contributed by atoms with van der Waals surface area (Å²) in [6.45, 7) is 3.48. The van der Waals surface area contributed by atoms with Gasteiger partial charge < -0.3 is 15.5 Å². The summed E-state index contributed by atoms with van der Waals surface area (Å²) in [5, 5.41) is 7.86. The Hall–Kier alpha value is -2.67. The average molecular weight is 440 g/mol. The average Bonchev–Trinajstić information content (AvgIpc) is 3.46. The number of amides is 3. The van der Waals surface area contributed by atoms with Gasteiger partial charge in [-0.1, -0.05) is 30.3 Å². The van der Waals surface area contributed by atoms with Crippen molar-refractivity contribution in [3.8, 4) is 10.4 Å². The molecule has 1 aromatic heterocycles. The van der Waals surface area contributed by atoms with Gasteiger partial charge in [0.25, 0.3) is 0 Å². The summed E-state index contributed by atoms with van der Waals surface area (Å²) < 4.78 is 0. The van der Waals surface area contributed by atoms with E-state index in [1.54, 1.807) is 16.2 Å². The molecule has 2 aliphatic heterocycles. The summed E-state index contributed by atoms with van der Waals surface area (Å²) in [7, 11) is 0. The first kappa shape index (κ1) is 21.6. The minimum Gasteiger partial charge on any atom is -0.356 e. The van der Waals surface area contributed by atoms with E-state index >= 15 is 0 Å². The zero-order chi connectivity index (χ0) is 21.8. The van der Waals surface area contributed by atoms with Gasteiger partial charge >= 0.3 is 0 Å². The Bertz CT molecular complexity index is 959. The molecule has 2 fully saturated rings. The van der Waals surface area contributed by atoms with Crippen molar-refractivity contribution in [3.05, 3.63) is 47.3 Å². The van der Waals surface area contributed by atoms with Gasteiger partial charge in [-0.2, -0.15) is 0 Å². The van der Waals surface area contributed by atoms with Gasteiger partial charge in [0.2, 0.25) is 17.7 Å². The molecule has 2 saturated heterocycles. The molecular weight excluding hydrogens is 410 g/mol. The van der Waals surface area contributed by atoms with E-state index in [1.807, 2.05) is 25.1 Å². The van der Waals surface area contributed by atoms with Crippen molar-refractivity contribution >= 4 is 29.1 Å². The molecule has 3 heterocycles. The SMILES string of the molecule is CCNC(=O)[C@]1(Cc2ccccc2-c2cccs2)CCCN(C(=O)[C@H]2CCC(=O)N2)C1. The molecule has 2 aliphatic rings. The molecule has 1 aromatic carbocycles. The Labute approximate surface area is 187 Å². The lowest BCUT2D eigenvalue weighted by Gasteiger charge is -2.42. The van der Waals surface area contributed by atoms with Crippen LogP contribution in [0.15, 0.2) is 41.8 Å². The predicted molar refractivity (Wildman–Crippen MR) is 122 cm³/mol. The van der Waals surface area contributed by atoms with Crippen LogP contribution in [-0.4, -0.2) is 48.3 Å². The third-order valence-electron chi connectivity index (χ3n) is 6.33. The molecule has 2 aromatic rings. The molecule has 7 heteroatoms. The fourth-order valence-electron chi connectivity index (χ4n) is 4.81. The summed E-state index contributed by atoms with van der Waals surface area (Å²) in [5.74, 6) is -0.134. The van der Waals surface area contributed by atoms with E-state index in [1.165, 1.54) is 4.88 Å². The smallest absolute Gasteiger partial charge is 0.245 e. The lowest BCUT2D eigenvalue weighted by molar-refractivity contribution is -0.143. The van der Waals surface area contributed by atoms with Crippen molar-refractivity contribution in [2.75, 3.05) is 19.6 Å². The first-order valence-electron chi connectivity index (χ1n) is 11.0. The predicted octanol–water partition coefficient (Wildman–Crippen LogP) is 2.98. The molecule has 3 amide bonds. The van der Waals surface area contributed by atoms with Gasteiger partial charge in [-0.25, -0.2) is 0 Å². The standard InChI is InChI=1S/C24H29N3O3S/c1-2-25-23(30)24(15-17-7-3-4-8-18(17)20-9-5-14-31-20)12-6-13-27(16-24)22(29)19-10-11-21(28)26-19/h3-5,7-9,14,19H,2,6,10-13,15-16H2,1H3,(H,25,30)(H,26,28)/t19-,24+/m1/s1. The number of thiophene rings is 1. The van der Waals surface area contributed by atoms with Crippen LogP contribution >= 0.6 is 11.3 Å². The minimum atomic E-state index is -0.681. The Morgan fingerprint density at radius 1 is 1.26 bits per heavy atom. The molecule has 0 spiro atoms. The van der Waals surface area contributed by atoms with E-state index in [9.17, 15) is 14.4 Å². The normalized spacial score (nSPS) is 23.5. The van der Waals surface area contributed by atoms with E-state index in [0.717, 1.165) is 24.0 Å². The van der Waals surface area contributed by atoms with Gasteiger partial charge in [0.15, 0.2) is 0 Å². The minimum absolute atomic E-state index is 0.00365. The molecule has 4 rings (SSSR count). The lowest BCUT2D eigenvalue weighted by atomic mass is 9.73. The molecule has 31 heavy (non-hydrogen) atoms. The fourth-order valence-corrected chi connectivity index (χ4v) is 5.60. The first-order chi connectivity index (χ1) is 15.0. The van der Waals surface area contributed by atoms with E-state index in [0.29, 0.717) is 38.9 Å². The Morgan fingerprint density at radius 3 is 2.81 bits per heavy atom. The molecule has 0 aliphatic carbocycles. The monoisotopic (exact) mass is 439 g/mol. The van der Waals surface area contributed by atoms with Crippen LogP contribution in [0.4, 0.5) is 0 Å². The third kappa shape index (κ3) is 4.51. The number of benzene rings is 1. The van der Waals surface area contributed by atoms with E-state index in [2.05, 4.69) is 34.2 Å². The lowest BCUT2D eigenvalue weighted by Crippen LogP contribution is -2.57. The van der Waals surface area contributed by atoms with Gasteiger partial charge in [-0.3, -0.25) is 14.4 Å². The van der Waals surface area contributed by atoms with Crippen molar-refractivity contribution in [2.24, 2.45) is 5.41 Å². The van der Waals surface area contributed by atoms with Gasteiger partial charge in [0.1, 0.15) is 6.04 Å². The van der Waals surface area contributed by atoms with Crippen LogP contribution in [0.3, 0.4) is 0 Å². The highest BCUT2D eigenvalue weighted by molar-refractivity contribution is 7.13. The topological polar surface area (TPSA) is 78.5 Å². The summed E-state index contributed by atoms with van der Waals surface area (Å²) in [6.07, 6.45) is 3.00. The Balaban J connectivity index is 1.63. The molecule has 0 bridgehead atoms. The molecule has 2 atom stereocenters. The van der Waals surface area contributed by atoms with Gasteiger partial charge in [0.05, 0.1) is 5.41 Å². The molecule has 2 N–H and O–H groups in total. The molecule has 164 valence electrons. The highest BCUT2D eigenvalue weighted by Crippen LogP contribution is 2.38. The van der Waals surface area contributed by atoms with Crippen LogP contribution in [0.2, 0.25) is 0 Å². The number of carbonyl (C=O) groups excluding carboxylic acids is 3. The number of hydrogen-bond donors (Lipinski definition) is 2. The van der Waals surface area contributed by atoms with E-state index in [4.69, 9.17) is 0 Å². The van der Waals surface area contributed by atoms with Crippen LogP contribution < -0.4 is 10.6 Å². The zero-order valence-corrected chi connectivity index (χ0v) is 18.7. The number of hydrogen-bond acceptors (Lipinski definition) is 4. The Morgan fingerprint density at radius 2 is 2.10 bits per heavy atom. The largest absolute Gasteiger partial charge is 0.356 e. The van der Waals surface area contributed by atoms with Crippen LogP contribution in [0.25, 0.3) is 10.4 Å². The highest BCUT2D eigenvalue weighted by atomic mass is 32.1. The molecular formula is C24H29N3O3S. The van der Waals surface area contributed by atoms with Crippen molar-refractivity contribution < 1.29 is 14.4 Å². The van der Waals surface area contributed by atoms with Gasteiger partial charge in [-0.15, -0.1) is 11.3 Å². The van der Waals surface area contributed by atoms with E-state index in [-0.39, 0.29) is 17.7 Å². The van der Waals surface area contributed by atoms with Crippen LogP contribution in [0.5, 0.6) is 0 Å². The number of likely N-dealkylation sites (tertiary alicyclic amines) is 1. The summed E-state index contributed by atoms with van der Waals surface area (Å²) in [5.41, 5.74) is 1.59. The van der Waals surface area contributed by atoms with E-state index < -0.39 is 11.5 Å². The number of carbonyl (C=O) groups is 3. The van der Waals surface area contributed by atoms with Crippen molar-refractivity contribution in [3.63, 3.8) is 0 Å². The van der Waals surface area contributed by atoms with Crippen LogP contribution in [0.1, 0.15) is 38.2 Å². The maximum absolute atomic E-state index is 13.3. The molecule has 6 nitrogen and oxygen atoms in total. The maximum atomic E-state index is 13.3. The first-order valence-corrected chi connectivity index (χ1v) is 11.9. The molecule has 0 radical (unpaired) electrons. The second kappa shape index (κ2) is 9.22. The second-order valence-electron chi connectivity index (χ2n) is 8.47. The van der Waals surface area contributed by atoms with Gasteiger partial charge in [-0.05, 0) is 55.2 Å². The van der Waals surface area contributed by atoms with Crippen molar-refractivity contribution in [1.29, 1.82) is 0 Å². The third-order valence-corrected chi connectivity index (χ3v) is 7.24. The molecule has 0 unspecified atom stereocenters. The van der Waals surface area contributed by atoms with Crippen LogP contribution in [0, 0.1) is 5.41 Å². The summed E-state index contributed by atoms with van der Waals surface area (Å²) >= 11 is 1.69. The number of rotatable bonds is 6. The number of piperidine rings is 1. The summed E-state index contributed by atoms with van der Waals surface area (Å²) in [4.78, 5) is 41.0. The Kier molecular flexibility index (Phi) is 6.41. The zero-order valence-electron chi connectivity index (χ0n) is 17.9. The fraction of sp³-hybridized carbons (Fsp3) is 0.458. The maximum Gasteiger partial charge on any atom is 0.245 e. The number of nitrogens with one attached hydrogen (secondary N) is 2. The number of nitrogens with zero attached hydrogens (tertiary/aromatic N) is 1. The second-order valence-corrected chi connectivity index (χ2v) is 9.42. The van der Waals surface area contributed by atoms with Crippen molar-refractivity contribution in [2.45, 2.75) is 45.1 Å². The highest BCUT2D eigenvalue weighted by Gasteiger charge is 2.45. The molecule has 0 saturated carbocycles. The quantitative estimate of drug-likeness (QED) is 0.726.